The van der Waals surface area contributed by atoms with E-state index >= 15 is 0 Å². The van der Waals surface area contributed by atoms with Crippen molar-refractivity contribution in [3.05, 3.63) is 93.0 Å². The lowest BCUT2D eigenvalue weighted by molar-refractivity contribution is 0.350. The first-order chi connectivity index (χ1) is 14.4. The van der Waals surface area contributed by atoms with Gasteiger partial charge in [-0.1, -0.05) is 64.0 Å². The second-order valence-corrected chi connectivity index (χ2v) is 10.2. The summed E-state index contributed by atoms with van der Waals surface area (Å²) in [4.78, 5) is 0. The van der Waals surface area contributed by atoms with Crippen LogP contribution >= 0.6 is 15.9 Å². The van der Waals surface area contributed by atoms with E-state index in [1.165, 1.54) is 33.4 Å². The van der Waals surface area contributed by atoms with Gasteiger partial charge in [-0.05, 0) is 67.7 Å². The van der Waals surface area contributed by atoms with E-state index in [2.05, 4.69) is 103 Å². The van der Waals surface area contributed by atoms with Crippen LogP contribution in [0.15, 0.2) is 76.3 Å². The molecule has 2 aromatic rings. The average Bonchev–Trinajstić information content (AvgIpc) is 2.71. The second kappa shape index (κ2) is 7.25. The Morgan fingerprint density at radius 3 is 2.70 bits per heavy atom. The molecule has 0 spiro atoms. The summed E-state index contributed by atoms with van der Waals surface area (Å²) in [5.41, 5.74) is 8.34. The van der Waals surface area contributed by atoms with Crippen molar-refractivity contribution in [1.29, 1.82) is 0 Å². The summed E-state index contributed by atoms with van der Waals surface area (Å²) in [6, 6.07) is 15.6. The SMILES string of the molecule is COc1cccc2c1C1=C(C(c3cccc(Br)c3)C2)C2C(C)=CC(C)(C)NC2C=C1. The fourth-order valence-corrected chi connectivity index (χ4v) is 6.18. The number of hydrogen-bond acceptors (Lipinski definition) is 2. The van der Waals surface area contributed by atoms with E-state index < -0.39 is 0 Å². The molecule has 3 unspecified atom stereocenters. The van der Waals surface area contributed by atoms with Crippen LogP contribution in [0.1, 0.15) is 43.4 Å². The number of allylic oxidation sites excluding steroid dienone is 2. The zero-order valence-electron chi connectivity index (χ0n) is 18.0. The van der Waals surface area contributed by atoms with Gasteiger partial charge in [0.05, 0.1) is 7.11 Å². The Hall–Kier alpha value is -2.10. The van der Waals surface area contributed by atoms with E-state index in [9.17, 15) is 0 Å². The quantitative estimate of drug-likeness (QED) is 0.519. The van der Waals surface area contributed by atoms with Crippen molar-refractivity contribution in [3.63, 3.8) is 0 Å². The Bertz CT molecular complexity index is 1110. The monoisotopic (exact) mass is 461 g/mol. The molecule has 2 aliphatic carbocycles. The maximum Gasteiger partial charge on any atom is 0.126 e. The molecule has 1 heterocycles. The predicted octanol–water partition coefficient (Wildman–Crippen LogP) is 6.43. The van der Waals surface area contributed by atoms with Crippen LogP contribution in [-0.4, -0.2) is 18.7 Å². The minimum Gasteiger partial charge on any atom is -0.496 e. The van der Waals surface area contributed by atoms with Crippen molar-refractivity contribution in [1.82, 2.24) is 5.32 Å². The summed E-state index contributed by atoms with van der Waals surface area (Å²) in [6.07, 6.45) is 8.11. The molecule has 1 aliphatic heterocycles. The third-order valence-corrected chi connectivity index (χ3v) is 7.24. The lowest BCUT2D eigenvalue weighted by Crippen LogP contribution is -2.53. The summed E-state index contributed by atoms with van der Waals surface area (Å²) in [5.74, 6) is 1.68. The summed E-state index contributed by atoms with van der Waals surface area (Å²) < 4.78 is 6.95. The first-order valence-corrected chi connectivity index (χ1v) is 11.5. The van der Waals surface area contributed by atoms with E-state index in [0.717, 1.165) is 16.6 Å². The second-order valence-electron chi connectivity index (χ2n) is 9.29. The molecular formula is C27H28BrNO. The van der Waals surface area contributed by atoms with Crippen LogP contribution in [-0.2, 0) is 6.42 Å². The highest BCUT2D eigenvalue weighted by atomic mass is 79.9. The van der Waals surface area contributed by atoms with Crippen molar-refractivity contribution < 1.29 is 4.74 Å². The van der Waals surface area contributed by atoms with Gasteiger partial charge in [-0.2, -0.15) is 0 Å². The molecular weight excluding hydrogens is 434 g/mol. The van der Waals surface area contributed by atoms with Gasteiger partial charge in [0.1, 0.15) is 5.75 Å². The Morgan fingerprint density at radius 1 is 1.13 bits per heavy atom. The van der Waals surface area contributed by atoms with Gasteiger partial charge in [-0.25, -0.2) is 0 Å². The van der Waals surface area contributed by atoms with Crippen molar-refractivity contribution in [2.24, 2.45) is 5.92 Å². The fourth-order valence-electron chi connectivity index (χ4n) is 5.76. The molecule has 0 bridgehead atoms. The highest BCUT2D eigenvalue weighted by Gasteiger charge is 2.42. The molecule has 0 saturated carbocycles. The molecule has 3 aliphatic rings. The Kier molecular flexibility index (Phi) is 4.79. The third-order valence-electron chi connectivity index (χ3n) is 6.75. The minimum atomic E-state index is 0.00316. The van der Waals surface area contributed by atoms with Gasteiger partial charge in [-0.3, -0.25) is 0 Å². The summed E-state index contributed by atoms with van der Waals surface area (Å²) in [6.45, 7) is 6.82. The predicted molar refractivity (Wildman–Crippen MR) is 128 cm³/mol. The molecule has 0 saturated heterocycles. The first-order valence-electron chi connectivity index (χ1n) is 10.7. The van der Waals surface area contributed by atoms with Crippen LogP contribution in [0, 0.1) is 5.92 Å². The molecule has 3 atom stereocenters. The van der Waals surface area contributed by atoms with Crippen molar-refractivity contribution in [3.8, 4) is 5.75 Å². The molecule has 0 fully saturated rings. The van der Waals surface area contributed by atoms with Crippen molar-refractivity contribution in [2.45, 2.75) is 44.7 Å². The molecule has 0 radical (unpaired) electrons. The molecule has 0 aromatic heterocycles. The highest BCUT2D eigenvalue weighted by Crippen LogP contribution is 2.52. The van der Waals surface area contributed by atoms with Crippen LogP contribution < -0.4 is 10.1 Å². The summed E-state index contributed by atoms with van der Waals surface area (Å²) in [5, 5.41) is 3.86. The maximum absolute atomic E-state index is 5.81. The number of hydrogen-bond donors (Lipinski definition) is 1. The minimum absolute atomic E-state index is 0.00316. The first kappa shape index (κ1) is 19.8. The maximum atomic E-state index is 5.81. The van der Waals surface area contributed by atoms with E-state index in [0.29, 0.717) is 17.9 Å². The standard InChI is InChI=1S/C27H28BrNO/c1-16-15-27(2,3)29-22-12-11-20-25-18(8-6-10-23(25)30-4)14-21(26(20)24(16)22)17-7-5-9-19(28)13-17/h5-13,15,21-22,24,29H,14H2,1-4H3. The normalized spacial score (nSPS) is 26.4. The molecule has 2 nitrogen and oxygen atoms in total. The van der Waals surface area contributed by atoms with Crippen molar-refractivity contribution >= 4 is 21.5 Å². The van der Waals surface area contributed by atoms with Gasteiger partial charge in [-0.15, -0.1) is 0 Å². The largest absolute Gasteiger partial charge is 0.496 e. The summed E-state index contributed by atoms with van der Waals surface area (Å²) >= 11 is 3.69. The van der Waals surface area contributed by atoms with Crippen LogP contribution in [0.2, 0.25) is 0 Å². The number of benzene rings is 2. The van der Waals surface area contributed by atoms with Gasteiger partial charge in [0.2, 0.25) is 0 Å². The lowest BCUT2D eigenvalue weighted by atomic mass is 9.64. The molecule has 0 amide bonds. The van der Waals surface area contributed by atoms with Crippen LogP contribution in [0.3, 0.4) is 0 Å². The van der Waals surface area contributed by atoms with Crippen molar-refractivity contribution in [2.75, 3.05) is 7.11 Å². The number of nitrogens with one attached hydrogen (secondary N) is 1. The van der Waals surface area contributed by atoms with Crippen LogP contribution in [0.4, 0.5) is 0 Å². The van der Waals surface area contributed by atoms with Gasteiger partial charge in [0.15, 0.2) is 0 Å². The van der Waals surface area contributed by atoms with Gasteiger partial charge in [0.25, 0.3) is 0 Å². The van der Waals surface area contributed by atoms with E-state index in [1.807, 2.05) is 0 Å². The number of ether oxygens (including phenoxy) is 1. The topological polar surface area (TPSA) is 21.3 Å². The van der Waals surface area contributed by atoms with Gasteiger partial charge < -0.3 is 10.1 Å². The average molecular weight is 462 g/mol. The lowest BCUT2D eigenvalue weighted by Gasteiger charge is -2.46. The number of methoxy groups -OCH3 is 1. The van der Waals surface area contributed by atoms with Crippen LogP contribution in [0.25, 0.3) is 5.57 Å². The van der Waals surface area contributed by atoms with Crippen LogP contribution in [0.5, 0.6) is 5.75 Å². The molecule has 2 aromatic carbocycles. The molecule has 154 valence electrons. The Balaban J connectivity index is 1.77. The fraction of sp³-hybridized carbons (Fsp3) is 0.333. The Labute approximate surface area is 187 Å². The van der Waals surface area contributed by atoms with Gasteiger partial charge >= 0.3 is 0 Å². The Morgan fingerprint density at radius 2 is 1.93 bits per heavy atom. The molecule has 1 N–H and O–H groups in total. The highest BCUT2D eigenvalue weighted by molar-refractivity contribution is 9.10. The number of halogens is 1. The smallest absolute Gasteiger partial charge is 0.126 e. The van der Waals surface area contributed by atoms with Gasteiger partial charge in [0, 0.05) is 33.5 Å². The van der Waals surface area contributed by atoms with E-state index in [1.54, 1.807) is 7.11 Å². The molecule has 3 heteroatoms. The summed E-state index contributed by atoms with van der Waals surface area (Å²) in [7, 11) is 1.78. The van der Waals surface area contributed by atoms with E-state index in [4.69, 9.17) is 4.74 Å². The molecule has 5 rings (SSSR count). The van der Waals surface area contributed by atoms with E-state index in [-0.39, 0.29) is 5.54 Å². The zero-order chi connectivity index (χ0) is 21.0. The third kappa shape index (κ3) is 3.19. The zero-order valence-corrected chi connectivity index (χ0v) is 19.6. The number of rotatable bonds is 2. The molecule has 30 heavy (non-hydrogen) atoms. The number of fused-ring (bicyclic) bond motifs is 4.